The molecule has 0 fully saturated rings. The number of carbonyl (C=O) groups is 1. The molecule has 3 N–H and O–H groups in total. The van der Waals surface area contributed by atoms with Crippen molar-refractivity contribution in [3.8, 4) is 0 Å². The average Bonchev–Trinajstić information content (AvgIpc) is 2.62. The molecule has 25 heavy (non-hydrogen) atoms. The maximum Gasteiger partial charge on any atom is 0.243 e. The number of hydrogen-bond donors (Lipinski definition) is 3. The van der Waals surface area contributed by atoms with E-state index < -0.39 is 5.82 Å². The summed E-state index contributed by atoms with van der Waals surface area (Å²) in [4.78, 5) is 16.0. The molecule has 0 unspecified atom stereocenters. The van der Waals surface area contributed by atoms with Crippen LogP contribution in [-0.4, -0.2) is 25.5 Å². The van der Waals surface area contributed by atoms with Crippen molar-refractivity contribution in [1.29, 1.82) is 0 Å². The van der Waals surface area contributed by atoms with Crippen LogP contribution in [0.5, 0.6) is 0 Å². The molecule has 0 spiro atoms. The van der Waals surface area contributed by atoms with Crippen molar-refractivity contribution < 1.29 is 9.18 Å². The van der Waals surface area contributed by atoms with Gasteiger partial charge >= 0.3 is 0 Å². The van der Waals surface area contributed by atoms with Crippen LogP contribution in [0.4, 0.5) is 10.1 Å². The summed E-state index contributed by atoms with van der Waals surface area (Å²) in [6.45, 7) is 2.77. The summed E-state index contributed by atoms with van der Waals surface area (Å²) in [7, 11) is 1.64. The van der Waals surface area contributed by atoms with Crippen LogP contribution in [0.25, 0.3) is 0 Å². The van der Waals surface area contributed by atoms with Crippen LogP contribution in [0.2, 0.25) is 0 Å². The molecule has 2 aromatic rings. The molecule has 0 aliphatic heterocycles. The molecule has 0 aliphatic rings. The van der Waals surface area contributed by atoms with Gasteiger partial charge in [0.2, 0.25) is 5.91 Å². The number of rotatable bonds is 6. The Kier molecular flexibility index (Phi) is 6.95. The molecular weight excluding hydrogens is 319 g/mol. The van der Waals surface area contributed by atoms with Crippen molar-refractivity contribution in [2.45, 2.75) is 19.9 Å². The summed E-state index contributed by atoms with van der Waals surface area (Å²) in [5.74, 6) is -0.138. The number of benzene rings is 2. The fourth-order valence-corrected chi connectivity index (χ4v) is 2.41. The lowest BCUT2D eigenvalue weighted by molar-refractivity contribution is -0.115. The lowest BCUT2D eigenvalue weighted by Crippen LogP contribution is -2.41. The molecular formula is C19H23FN4O. The highest BCUT2D eigenvalue weighted by Crippen LogP contribution is 2.09. The molecule has 2 rings (SSSR count). The number of hydrogen-bond acceptors (Lipinski definition) is 2. The van der Waals surface area contributed by atoms with Crippen molar-refractivity contribution in [3.63, 3.8) is 0 Å². The summed E-state index contributed by atoms with van der Waals surface area (Å²) >= 11 is 0. The van der Waals surface area contributed by atoms with Crippen LogP contribution in [0.3, 0.4) is 0 Å². The highest BCUT2D eigenvalue weighted by molar-refractivity contribution is 5.94. The number of carbonyl (C=O) groups excluding carboxylic acids is 1. The van der Waals surface area contributed by atoms with Gasteiger partial charge in [0.15, 0.2) is 5.96 Å². The first-order valence-electron chi connectivity index (χ1n) is 8.19. The number of aryl methyl sites for hydroxylation is 1. The van der Waals surface area contributed by atoms with Crippen LogP contribution in [0.1, 0.15) is 18.1 Å². The highest BCUT2D eigenvalue weighted by Gasteiger charge is 2.06. The zero-order valence-electron chi connectivity index (χ0n) is 14.5. The molecule has 132 valence electrons. The number of amides is 1. The molecule has 0 bridgehead atoms. The second kappa shape index (κ2) is 9.42. The smallest absolute Gasteiger partial charge is 0.243 e. The van der Waals surface area contributed by atoms with Crippen LogP contribution >= 0.6 is 0 Å². The Bertz CT molecular complexity index is 746. The van der Waals surface area contributed by atoms with E-state index in [-0.39, 0.29) is 12.5 Å². The zero-order valence-corrected chi connectivity index (χ0v) is 14.5. The Balaban J connectivity index is 1.82. The molecule has 0 atom stereocenters. The van der Waals surface area contributed by atoms with E-state index in [2.05, 4.69) is 40.0 Å². The van der Waals surface area contributed by atoms with E-state index >= 15 is 0 Å². The second-order valence-electron chi connectivity index (χ2n) is 5.46. The quantitative estimate of drug-likeness (QED) is 0.559. The summed E-state index contributed by atoms with van der Waals surface area (Å²) in [6.07, 6.45) is 0.958. The Morgan fingerprint density at radius 3 is 2.52 bits per heavy atom. The van der Waals surface area contributed by atoms with Crippen LogP contribution in [-0.2, 0) is 17.8 Å². The summed E-state index contributed by atoms with van der Waals surface area (Å²) in [5.41, 5.74) is 2.89. The highest BCUT2D eigenvalue weighted by atomic mass is 19.1. The van der Waals surface area contributed by atoms with Gasteiger partial charge in [-0.2, -0.15) is 0 Å². The van der Waals surface area contributed by atoms with Gasteiger partial charge in [0.05, 0.1) is 6.54 Å². The van der Waals surface area contributed by atoms with Gasteiger partial charge < -0.3 is 16.0 Å². The molecule has 0 radical (unpaired) electrons. The molecule has 6 heteroatoms. The van der Waals surface area contributed by atoms with Crippen molar-refractivity contribution >= 4 is 17.6 Å². The molecule has 2 aromatic carbocycles. The van der Waals surface area contributed by atoms with E-state index in [0.29, 0.717) is 18.2 Å². The number of halogens is 1. The van der Waals surface area contributed by atoms with Gasteiger partial charge in [-0.05, 0) is 35.7 Å². The van der Waals surface area contributed by atoms with E-state index in [1.54, 1.807) is 19.2 Å². The first-order chi connectivity index (χ1) is 12.1. The van der Waals surface area contributed by atoms with Crippen molar-refractivity contribution in [1.82, 2.24) is 10.6 Å². The largest absolute Gasteiger partial charge is 0.352 e. The molecule has 1 amide bonds. The van der Waals surface area contributed by atoms with Crippen LogP contribution in [0.15, 0.2) is 53.5 Å². The van der Waals surface area contributed by atoms with Gasteiger partial charge in [0.25, 0.3) is 0 Å². The minimum absolute atomic E-state index is 0.0333. The fourth-order valence-electron chi connectivity index (χ4n) is 2.41. The van der Waals surface area contributed by atoms with E-state index in [4.69, 9.17) is 0 Å². The third kappa shape index (κ3) is 5.91. The van der Waals surface area contributed by atoms with Gasteiger partial charge in [0, 0.05) is 19.3 Å². The van der Waals surface area contributed by atoms with E-state index in [1.165, 1.54) is 23.3 Å². The number of guanidine groups is 1. The third-order valence-electron chi connectivity index (χ3n) is 3.69. The minimum atomic E-state index is -0.391. The first kappa shape index (κ1) is 18.4. The standard InChI is InChI=1S/C19H23FN4O/c1-3-14-7-4-5-8-15(14)12-22-19(21-2)23-13-18(25)24-17-10-6-9-16(20)11-17/h4-11H,3,12-13H2,1-2H3,(H,24,25)(H2,21,22,23). The summed E-state index contributed by atoms with van der Waals surface area (Å²) in [6, 6.07) is 14.0. The number of nitrogens with one attached hydrogen (secondary N) is 3. The zero-order chi connectivity index (χ0) is 18.1. The molecule has 0 heterocycles. The topological polar surface area (TPSA) is 65.5 Å². The SMILES string of the molecule is CCc1ccccc1CNC(=NC)NCC(=O)Nc1cccc(F)c1. The normalized spacial score (nSPS) is 11.1. The summed E-state index contributed by atoms with van der Waals surface area (Å²) in [5, 5.41) is 8.76. The molecule has 0 saturated carbocycles. The number of nitrogens with zero attached hydrogens (tertiary/aromatic N) is 1. The van der Waals surface area contributed by atoms with Crippen LogP contribution in [0, 0.1) is 5.82 Å². The molecule has 0 aromatic heterocycles. The molecule has 0 saturated heterocycles. The predicted molar refractivity (Wildman–Crippen MR) is 99.1 cm³/mol. The molecule has 0 aliphatic carbocycles. The Morgan fingerprint density at radius 2 is 1.84 bits per heavy atom. The van der Waals surface area contributed by atoms with E-state index in [0.717, 1.165) is 6.42 Å². The summed E-state index contributed by atoms with van der Waals surface area (Å²) < 4.78 is 13.1. The lowest BCUT2D eigenvalue weighted by Gasteiger charge is -2.14. The monoisotopic (exact) mass is 342 g/mol. The predicted octanol–water partition coefficient (Wildman–Crippen LogP) is 2.69. The maximum absolute atomic E-state index is 13.1. The Hall–Kier alpha value is -2.89. The van der Waals surface area contributed by atoms with Gasteiger partial charge in [0.1, 0.15) is 5.82 Å². The van der Waals surface area contributed by atoms with Crippen molar-refractivity contribution in [2.24, 2.45) is 4.99 Å². The second-order valence-corrected chi connectivity index (χ2v) is 5.46. The maximum atomic E-state index is 13.1. The van der Waals surface area contributed by atoms with Gasteiger partial charge in [-0.3, -0.25) is 9.79 Å². The fraction of sp³-hybridized carbons (Fsp3) is 0.263. The minimum Gasteiger partial charge on any atom is -0.352 e. The van der Waals surface area contributed by atoms with E-state index in [1.807, 2.05) is 12.1 Å². The van der Waals surface area contributed by atoms with Gasteiger partial charge in [-0.1, -0.05) is 37.3 Å². The number of aliphatic imine (C=N–C) groups is 1. The Morgan fingerprint density at radius 1 is 1.08 bits per heavy atom. The lowest BCUT2D eigenvalue weighted by atomic mass is 10.1. The van der Waals surface area contributed by atoms with Gasteiger partial charge in [-0.25, -0.2) is 4.39 Å². The molecule has 5 nitrogen and oxygen atoms in total. The van der Waals surface area contributed by atoms with E-state index in [9.17, 15) is 9.18 Å². The third-order valence-corrected chi connectivity index (χ3v) is 3.69. The van der Waals surface area contributed by atoms with Crippen molar-refractivity contribution in [2.75, 3.05) is 18.9 Å². The number of anilines is 1. The first-order valence-corrected chi connectivity index (χ1v) is 8.19. The average molecular weight is 342 g/mol. The van der Waals surface area contributed by atoms with Gasteiger partial charge in [-0.15, -0.1) is 0 Å². The van der Waals surface area contributed by atoms with Crippen molar-refractivity contribution in [3.05, 3.63) is 65.5 Å². The Labute approximate surface area is 147 Å². The van der Waals surface area contributed by atoms with Crippen LogP contribution < -0.4 is 16.0 Å².